The highest BCUT2D eigenvalue weighted by molar-refractivity contribution is 14.0. The van der Waals surface area contributed by atoms with Crippen molar-refractivity contribution in [3.8, 4) is 0 Å². The van der Waals surface area contributed by atoms with E-state index in [1.165, 1.54) is 6.26 Å². The lowest BCUT2D eigenvalue weighted by molar-refractivity contribution is 0.0437. The Labute approximate surface area is 207 Å². The Morgan fingerprint density at radius 1 is 1.12 bits per heavy atom. The largest absolute Gasteiger partial charge is 0.466 e. The third kappa shape index (κ3) is 9.90. The van der Waals surface area contributed by atoms with E-state index in [1.807, 2.05) is 52.0 Å². The van der Waals surface area contributed by atoms with Crippen molar-refractivity contribution in [2.24, 2.45) is 4.99 Å². The van der Waals surface area contributed by atoms with E-state index in [4.69, 9.17) is 9.15 Å². The van der Waals surface area contributed by atoms with E-state index in [0.29, 0.717) is 30.5 Å². The number of aliphatic imine (C=N–C) groups is 1. The Balaban J connectivity index is 0.00000512. The van der Waals surface area contributed by atoms with Crippen LogP contribution in [0.15, 0.2) is 52.1 Å². The first-order chi connectivity index (χ1) is 14.6. The van der Waals surface area contributed by atoms with Gasteiger partial charge in [0.05, 0.1) is 12.8 Å². The van der Waals surface area contributed by atoms with Crippen LogP contribution in [0.2, 0.25) is 0 Å². The van der Waals surface area contributed by atoms with Gasteiger partial charge in [0, 0.05) is 18.8 Å². The van der Waals surface area contributed by atoms with Gasteiger partial charge in [-0.1, -0.05) is 12.1 Å². The van der Waals surface area contributed by atoms with Gasteiger partial charge >= 0.3 is 6.09 Å². The molecule has 9 heteroatoms. The molecule has 8 nitrogen and oxygen atoms in total. The molecule has 1 aromatic carbocycles. The zero-order valence-electron chi connectivity index (χ0n) is 19.4. The number of ether oxygens (including phenoxy) is 1. The summed E-state index contributed by atoms with van der Waals surface area (Å²) in [6, 6.07) is 11.1. The van der Waals surface area contributed by atoms with Gasteiger partial charge in [-0.15, -0.1) is 24.0 Å². The molecule has 0 saturated heterocycles. The lowest BCUT2D eigenvalue weighted by Gasteiger charge is -2.20. The van der Waals surface area contributed by atoms with Crippen molar-refractivity contribution < 1.29 is 19.1 Å². The number of benzene rings is 1. The minimum absolute atomic E-state index is 0. The van der Waals surface area contributed by atoms with E-state index in [1.54, 1.807) is 19.1 Å². The fraction of sp³-hybridized carbons (Fsp3) is 0.478. The second-order valence-electron chi connectivity index (χ2n) is 8.45. The molecule has 2 rings (SSSR count). The number of halogens is 1. The van der Waals surface area contributed by atoms with Crippen LogP contribution in [0.25, 0.3) is 0 Å². The molecule has 1 atom stereocenters. The van der Waals surface area contributed by atoms with Gasteiger partial charge in [0.1, 0.15) is 17.0 Å². The maximum absolute atomic E-state index is 11.8. The zero-order valence-corrected chi connectivity index (χ0v) is 21.7. The lowest BCUT2D eigenvalue weighted by Crippen LogP contribution is -2.39. The number of guanidine groups is 1. The number of aliphatic hydroxyl groups is 1. The number of carbonyl (C=O) groups is 1. The zero-order chi connectivity index (χ0) is 22.9. The van der Waals surface area contributed by atoms with Crippen LogP contribution in [-0.4, -0.2) is 42.4 Å². The first kappa shape index (κ1) is 27.8. The molecule has 1 unspecified atom stereocenters. The van der Waals surface area contributed by atoms with Crippen molar-refractivity contribution >= 4 is 41.7 Å². The smallest absolute Gasteiger partial charge is 0.412 e. The van der Waals surface area contributed by atoms with Crippen LogP contribution < -0.4 is 16.0 Å². The van der Waals surface area contributed by atoms with Crippen molar-refractivity contribution in [1.82, 2.24) is 10.6 Å². The van der Waals surface area contributed by atoms with Crippen LogP contribution in [0, 0.1) is 0 Å². The van der Waals surface area contributed by atoms with Crippen molar-refractivity contribution in [2.45, 2.75) is 52.2 Å². The highest BCUT2D eigenvalue weighted by Crippen LogP contribution is 2.21. The number of rotatable bonds is 8. The summed E-state index contributed by atoms with van der Waals surface area (Å²) in [6.45, 7) is 10.7. The average Bonchev–Trinajstić information content (AvgIpc) is 3.22. The van der Waals surface area contributed by atoms with E-state index in [2.05, 4.69) is 20.9 Å². The fourth-order valence-corrected chi connectivity index (χ4v) is 2.74. The van der Waals surface area contributed by atoms with Gasteiger partial charge in [-0.25, -0.2) is 9.79 Å². The van der Waals surface area contributed by atoms with Gasteiger partial charge in [0.15, 0.2) is 5.96 Å². The summed E-state index contributed by atoms with van der Waals surface area (Å²) < 4.78 is 10.5. The molecular weight excluding hydrogens is 523 g/mol. The van der Waals surface area contributed by atoms with E-state index in [9.17, 15) is 9.90 Å². The third-order valence-corrected chi connectivity index (χ3v) is 4.25. The number of anilines is 1. The predicted molar refractivity (Wildman–Crippen MR) is 138 cm³/mol. The molecule has 0 spiro atoms. The molecule has 32 heavy (non-hydrogen) atoms. The quantitative estimate of drug-likeness (QED) is 0.219. The van der Waals surface area contributed by atoms with Gasteiger partial charge in [-0.05, 0) is 70.9 Å². The Kier molecular flexibility index (Phi) is 11.0. The Morgan fingerprint density at radius 2 is 1.81 bits per heavy atom. The van der Waals surface area contributed by atoms with Crippen molar-refractivity contribution in [3.05, 3.63) is 54.0 Å². The first-order valence-electron chi connectivity index (χ1n) is 10.5. The fourth-order valence-electron chi connectivity index (χ4n) is 2.74. The van der Waals surface area contributed by atoms with Gasteiger partial charge in [0.25, 0.3) is 0 Å². The molecule has 0 radical (unpaired) electrons. The first-order valence-corrected chi connectivity index (χ1v) is 10.5. The molecule has 0 aliphatic rings. The van der Waals surface area contributed by atoms with Crippen LogP contribution in [0.5, 0.6) is 0 Å². The third-order valence-electron chi connectivity index (χ3n) is 4.25. The molecule has 1 heterocycles. The van der Waals surface area contributed by atoms with Gasteiger partial charge < -0.3 is 24.9 Å². The SMILES string of the molecule is CCNC(=NCC(C)(O)c1ccco1)NCCc1ccc(NC(=O)OC(C)(C)C)cc1.I. The highest BCUT2D eigenvalue weighted by atomic mass is 127. The lowest BCUT2D eigenvalue weighted by atomic mass is 10.0. The summed E-state index contributed by atoms with van der Waals surface area (Å²) >= 11 is 0. The van der Waals surface area contributed by atoms with E-state index in [-0.39, 0.29) is 30.5 Å². The summed E-state index contributed by atoms with van der Waals surface area (Å²) in [7, 11) is 0. The average molecular weight is 558 g/mol. The standard InChI is InChI=1S/C23H34N4O4.HI/c1-6-24-20(26-16-23(5,29)19-8-7-15-30-19)25-14-13-17-9-11-18(12-10-17)27-21(28)31-22(2,3)4;/h7-12,15,29H,6,13-14,16H2,1-5H3,(H,27,28)(H2,24,25,26);1H. The second kappa shape index (κ2) is 12.7. The summed E-state index contributed by atoms with van der Waals surface area (Å²) in [5.41, 5.74) is 0.0807. The Morgan fingerprint density at radius 3 is 2.38 bits per heavy atom. The van der Waals surface area contributed by atoms with Crippen molar-refractivity contribution in [2.75, 3.05) is 25.0 Å². The van der Waals surface area contributed by atoms with E-state index >= 15 is 0 Å². The maximum Gasteiger partial charge on any atom is 0.412 e. The predicted octanol–water partition coefficient (Wildman–Crippen LogP) is 4.25. The number of carbonyl (C=O) groups excluding carboxylic acids is 1. The Hall–Kier alpha value is -2.27. The molecule has 0 aliphatic heterocycles. The minimum atomic E-state index is -1.18. The minimum Gasteiger partial charge on any atom is -0.466 e. The number of furan rings is 1. The highest BCUT2D eigenvalue weighted by Gasteiger charge is 2.26. The molecule has 0 bridgehead atoms. The van der Waals surface area contributed by atoms with Gasteiger partial charge in [-0.3, -0.25) is 5.32 Å². The molecular formula is C23H35IN4O4. The van der Waals surface area contributed by atoms with E-state index in [0.717, 1.165) is 12.0 Å². The summed E-state index contributed by atoms with van der Waals surface area (Å²) in [5.74, 6) is 1.10. The van der Waals surface area contributed by atoms with E-state index < -0.39 is 17.3 Å². The van der Waals surface area contributed by atoms with Crippen molar-refractivity contribution in [1.29, 1.82) is 0 Å². The van der Waals surface area contributed by atoms with Crippen LogP contribution in [-0.2, 0) is 16.8 Å². The van der Waals surface area contributed by atoms with Crippen LogP contribution >= 0.6 is 24.0 Å². The molecule has 178 valence electrons. The number of nitrogens with zero attached hydrogens (tertiary/aromatic N) is 1. The molecule has 4 N–H and O–H groups in total. The molecule has 0 aliphatic carbocycles. The topological polar surface area (TPSA) is 108 Å². The molecule has 1 amide bonds. The number of amides is 1. The Bertz CT molecular complexity index is 844. The van der Waals surface area contributed by atoms with Crippen molar-refractivity contribution in [3.63, 3.8) is 0 Å². The summed E-state index contributed by atoms with van der Waals surface area (Å²) in [4.78, 5) is 16.3. The van der Waals surface area contributed by atoms with Crippen LogP contribution in [0.4, 0.5) is 10.5 Å². The monoisotopic (exact) mass is 558 g/mol. The number of hydrogen-bond donors (Lipinski definition) is 4. The van der Waals surface area contributed by atoms with Crippen LogP contribution in [0.1, 0.15) is 45.9 Å². The molecule has 0 fully saturated rings. The number of nitrogens with one attached hydrogen (secondary N) is 3. The molecule has 0 saturated carbocycles. The second-order valence-corrected chi connectivity index (χ2v) is 8.45. The van der Waals surface area contributed by atoms with Crippen LogP contribution in [0.3, 0.4) is 0 Å². The molecule has 2 aromatic rings. The maximum atomic E-state index is 11.8. The van der Waals surface area contributed by atoms with Gasteiger partial charge in [-0.2, -0.15) is 0 Å². The number of hydrogen-bond acceptors (Lipinski definition) is 5. The normalized spacial score (nSPS) is 13.5. The summed E-state index contributed by atoms with van der Waals surface area (Å²) in [6.07, 6.45) is 1.83. The summed E-state index contributed by atoms with van der Waals surface area (Å²) in [5, 5.41) is 19.7. The van der Waals surface area contributed by atoms with Gasteiger partial charge in [0.2, 0.25) is 0 Å². The molecule has 1 aromatic heterocycles.